The standard InChI is InChI=1S/C14H20FNO/c1-9-6-10(2)13(11(15)7-9)12(17)8-16-14(3,4)5/h6-7,16H,8H2,1-5H3. The van der Waals surface area contributed by atoms with Crippen LogP contribution < -0.4 is 5.32 Å². The molecule has 0 aliphatic rings. The number of halogens is 1. The van der Waals surface area contributed by atoms with Crippen molar-refractivity contribution in [2.24, 2.45) is 0 Å². The number of benzene rings is 1. The van der Waals surface area contributed by atoms with Crippen LogP contribution in [0.1, 0.15) is 42.3 Å². The lowest BCUT2D eigenvalue weighted by molar-refractivity contribution is 0.0977. The van der Waals surface area contributed by atoms with Crippen LogP contribution in [0, 0.1) is 19.7 Å². The van der Waals surface area contributed by atoms with E-state index in [9.17, 15) is 9.18 Å². The van der Waals surface area contributed by atoms with E-state index in [0.717, 1.165) is 5.56 Å². The molecule has 0 bridgehead atoms. The highest BCUT2D eigenvalue weighted by molar-refractivity contribution is 5.99. The molecule has 17 heavy (non-hydrogen) atoms. The van der Waals surface area contributed by atoms with Gasteiger partial charge in [0.1, 0.15) is 5.82 Å². The van der Waals surface area contributed by atoms with Crippen LogP contribution in [0.15, 0.2) is 12.1 Å². The summed E-state index contributed by atoms with van der Waals surface area (Å²) < 4.78 is 13.7. The largest absolute Gasteiger partial charge is 0.305 e. The SMILES string of the molecule is Cc1cc(C)c(C(=O)CNC(C)(C)C)c(F)c1. The van der Waals surface area contributed by atoms with E-state index in [4.69, 9.17) is 0 Å². The number of aryl methyl sites for hydroxylation is 2. The van der Waals surface area contributed by atoms with Gasteiger partial charge in [0.25, 0.3) is 0 Å². The van der Waals surface area contributed by atoms with Gasteiger partial charge in [-0.1, -0.05) is 6.07 Å². The summed E-state index contributed by atoms with van der Waals surface area (Å²) in [5.74, 6) is -0.627. The Kier molecular flexibility index (Phi) is 4.04. The Labute approximate surface area is 102 Å². The highest BCUT2D eigenvalue weighted by Gasteiger charge is 2.17. The van der Waals surface area contributed by atoms with Gasteiger partial charge in [-0.2, -0.15) is 0 Å². The first kappa shape index (κ1) is 13.8. The van der Waals surface area contributed by atoms with E-state index in [1.54, 1.807) is 6.92 Å². The van der Waals surface area contributed by atoms with Gasteiger partial charge in [0.2, 0.25) is 0 Å². The number of Topliss-reactive ketones (excluding diaryl/α,β-unsaturated/α-hetero) is 1. The Morgan fingerprint density at radius 1 is 1.29 bits per heavy atom. The monoisotopic (exact) mass is 237 g/mol. The van der Waals surface area contributed by atoms with Crippen molar-refractivity contribution in [3.63, 3.8) is 0 Å². The molecule has 0 spiro atoms. The van der Waals surface area contributed by atoms with Crippen molar-refractivity contribution in [1.29, 1.82) is 0 Å². The molecule has 0 atom stereocenters. The number of nitrogens with one attached hydrogen (secondary N) is 1. The van der Waals surface area contributed by atoms with Crippen molar-refractivity contribution < 1.29 is 9.18 Å². The van der Waals surface area contributed by atoms with Crippen molar-refractivity contribution in [3.8, 4) is 0 Å². The predicted octanol–water partition coefficient (Wildman–Crippen LogP) is 3.01. The molecule has 94 valence electrons. The van der Waals surface area contributed by atoms with Gasteiger partial charge in [0, 0.05) is 5.54 Å². The van der Waals surface area contributed by atoms with E-state index in [2.05, 4.69) is 5.32 Å². The third-order valence-electron chi connectivity index (χ3n) is 2.49. The van der Waals surface area contributed by atoms with Crippen LogP contribution in [0.25, 0.3) is 0 Å². The third kappa shape index (κ3) is 3.93. The number of ketones is 1. The van der Waals surface area contributed by atoms with E-state index < -0.39 is 5.82 Å². The molecular weight excluding hydrogens is 217 g/mol. The fourth-order valence-electron chi connectivity index (χ4n) is 1.70. The zero-order valence-electron chi connectivity index (χ0n) is 11.1. The number of hydrogen-bond donors (Lipinski definition) is 1. The van der Waals surface area contributed by atoms with Gasteiger partial charge in [0.05, 0.1) is 12.1 Å². The van der Waals surface area contributed by atoms with Crippen molar-refractivity contribution in [2.45, 2.75) is 40.2 Å². The summed E-state index contributed by atoms with van der Waals surface area (Å²) in [4.78, 5) is 11.9. The molecule has 0 aliphatic carbocycles. The molecule has 1 N–H and O–H groups in total. The topological polar surface area (TPSA) is 29.1 Å². The third-order valence-corrected chi connectivity index (χ3v) is 2.49. The van der Waals surface area contributed by atoms with E-state index in [0.29, 0.717) is 5.56 Å². The lowest BCUT2D eigenvalue weighted by Gasteiger charge is -2.20. The van der Waals surface area contributed by atoms with Crippen LogP contribution in [-0.2, 0) is 0 Å². The quantitative estimate of drug-likeness (QED) is 0.819. The number of hydrogen-bond acceptors (Lipinski definition) is 2. The van der Waals surface area contributed by atoms with E-state index in [1.165, 1.54) is 6.07 Å². The van der Waals surface area contributed by atoms with Gasteiger partial charge in [0.15, 0.2) is 5.78 Å². The molecule has 0 amide bonds. The molecule has 1 aromatic rings. The predicted molar refractivity (Wildman–Crippen MR) is 68.0 cm³/mol. The maximum Gasteiger partial charge on any atom is 0.179 e. The van der Waals surface area contributed by atoms with Gasteiger partial charge >= 0.3 is 0 Å². The summed E-state index contributed by atoms with van der Waals surface area (Å²) in [6.07, 6.45) is 0. The molecule has 1 aromatic carbocycles. The van der Waals surface area contributed by atoms with Crippen LogP contribution in [0.4, 0.5) is 4.39 Å². The fraction of sp³-hybridized carbons (Fsp3) is 0.500. The molecule has 0 aliphatic heterocycles. The lowest BCUT2D eigenvalue weighted by Crippen LogP contribution is -2.39. The summed E-state index contributed by atoms with van der Waals surface area (Å²) in [5.41, 5.74) is 1.58. The molecule has 0 fully saturated rings. The van der Waals surface area contributed by atoms with Crippen LogP contribution >= 0.6 is 0 Å². The van der Waals surface area contributed by atoms with Crippen molar-refractivity contribution >= 4 is 5.78 Å². The zero-order chi connectivity index (χ0) is 13.2. The van der Waals surface area contributed by atoms with Crippen LogP contribution in [0.5, 0.6) is 0 Å². The van der Waals surface area contributed by atoms with Crippen molar-refractivity contribution in [2.75, 3.05) is 6.54 Å². The van der Waals surface area contributed by atoms with Crippen LogP contribution in [0.3, 0.4) is 0 Å². The summed E-state index contributed by atoms with van der Waals surface area (Å²) in [7, 11) is 0. The minimum absolute atomic E-state index is 0.148. The highest BCUT2D eigenvalue weighted by atomic mass is 19.1. The van der Waals surface area contributed by atoms with E-state index in [1.807, 2.05) is 33.8 Å². The maximum absolute atomic E-state index is 13.7. The van der Waals surface area contributed by atoms with E-state index in [-0.39, 0.29) is 23.4 Å². The first-order valence-electron chi connectivity index (χ1n) is 5.75. The first-order chi connectivity index (χ1) is 7.70. The second-order valence-electron chi connectivity index (χ2n) is 5.47. The highest BCUT2D eigenvalue weighted by Crippen LogP contribution is 2.16. The molecule has 0 saturated carbocycles. The van der Waals surface area contributed by atoms with Crippen LogP contribution in [-0.4, -0.2) is 17.9 Å². The Morgan fingerprint density at radius 3 is 2.35 bits per heavy atom. The van der Waals surface area contributed by atoms with Crippen molar-refractivity contribution in [3.05, 3.63) is 34.6 Å². The van der Waals surface area contributed by atoms with Gasteiger partial charge in [-0.15, -0.1) is 0 Å². The molecule has 2 nitrogen and oxygen atoms in total. The normalized spacial score (nSPS) is 11.6. The minimum atomic E-state index is -0.428. The zero-order valence-corrected chi connectivity index (χ0v) is 11.1. The van der Waals surface area contributed by atoms with Gasteiger partial charge < -0.3 is 5.32 Å². The summed E-state index contributed by atoms with van der Waals surface area (Å²) >= 11 is 0. The molecule has 0 heterocycles. The molecule has 0 aromatic heterocycles. The molecule has 0 saturated heterocycles. The first-order valence-corrected chi connectivity index (χ1v) is 5.75. The van der Waals surface area contributed by atoms with Crippen LogP contribution in [0.2, 0.25) is 0 Å². The molecule has 3 heteroatoms. The second-order valence-corrected chi connectivity index (χ2v) is 5.47. The summed E-state index contributed by atoms with van der Waals surface area (Å²) in [5, 5.41) is 3.07. The van der Waals surface area contributed by atoms with Crippen molar-refractivity contribution in [1.82, 2.24) is 5.32 Å². The molecule has 0 unspecified atom stereocenters. The fourth-order valence-corrected chi connectivity index (χ4v) is 1.70. The average molecular weight is 237 g/mol. The number of carbonyl (C=O) groups is 1. The maximum atomic E-state index is 13.7. The molecular formula is C14H20FNO. The summed E-state index contributed by atoms with van der Waals surface area (Å²) in [6.45, 7) is 9.65. The smallest absolute Gasteiger partial charge is 0.179 e. The lowest BCUT2D eigenvalue weighted by atomic mass is 10.0. The Bertz CT molecular complexity index is 409. The Morgan fingerprint density at radius 2 is 1.88 bits per heavy atom. The van der Waals surface area contributed by atoms with Gasteiger partial charge in [-0.3, -0.25) is 4.79 Å². The van der Waals surface area contributed by atoms with Gasteiger partial charge in [-0.25, -0.2) is 4.39 Å². The van der Waals surface area contributed by atoms with E-state index >= 15 is 0 Å². The number of carbonyl (C=O) groups excluding carboxylic acids is 1. The Hall–Kier alpha value is -1.22. The molecule has 0 radical (unpaired) electrons. The Balaban J connectivity index is 2.90. The second kappa shape index (κ2) is 4.96. The van der Waals surface area contributed by atoms with Gasteiger partial charge in [-0.05, 0) is 51.8 Å². The molecule has 1 rings (SSSR count). The average Bonchev–Trinajstić information content (AvgIpc) is 2.11. The minimum Gasteiger partial charge on any atom is -0.305 e. The summed E-state index contributed by atoms with van der Waals surface area (Å²) in [6, 6.07) is 3.23. The number of rotatable bonds is 3.